The lowest BCUT2D eigenvalue weighted by molar-refractivity contribution is -0.141. The number of carbonyl (C=O) groups is 1. The second kappa shape index (κ2) is 6.33. The summed E-state index contributed by atoms with van der Waals surface area (Å²) in [5.41, 5.74) is 5.79. The van der Waals surface area contributed by atoms with Crippen LogP contribution in [-0.4, -0.2) is 13.1 Å². The molecule has 1 rings (SSSR count). The summed E-state index contributed by atoms with van der Waals surface area (Å²) in [5, 5.41) is 0. The standard InChI is InChI=1S/C11H13BrFNO2.ClH/c1-11(14,6-10(15)16-2)7-3-4-9(13)8(12)5-7;/h3-5H,6,14H2,1-2H3;1H. The quantitative estimate of drug-likeness (QED) is 0.869. The van der Waals surface area contributed by atoms with Gasteiger partial charge in [0.1, 0.15) is 5.82 Å². The van der Waals surface area contributed by atoms with Crippen LogP contribution < -0.4 is 5.73 Å². The first-order chi connectivity index (χ1) is 7.36. The number of rotatable bonds is 3. The molecule has 1 aromatic carbocycles. The molecule has 0 radical (unpaired) electrons. The van der Waals surface area contributed by atoms with Crippen molar-refractivity contribution >= 4 is 34.3 Å². The number of esters is 1. The summed E-state index contributed by atoms with van der Waals surface area (Å²) in [7, 11) is 1.30. The van der Waals surface area contributed by atoms with E-state index < -0.39 is 11.5 Å². The largest absolute Gasteiger partial charge is 0.469 e. The van der Waals surface area contributed by atoms with Crippen molar-refractivity contribution in [3.8, 4) is 0 Å². The normalized spacial score (nSPS) is 13.5. The van der Waals surface area contributed by atoms with Crippen molar-refractivity contribution < 1.29 is 13.9 Å². The summed E-state index contributed by atoms with van der Waals surface area (Å²) in [4.78, 5) is 11.2. The third kappa shape index (κ3) is 4.26. The molecule has 6 heteroatoms. The molecule has 0 bridgehead atoms. The van der Waals surface area contributed by atoms with Crippen molar-refractivity contribution in [1.82, 2.24) is 0 Å². The molecule has 0 aliphatic heterocycles. The van der Waals surface area contributed by atoms with Gasteiger partial charge in [0.25, 0.3) is 0 Å². The molecule has 1 atom stereocenters. The van der Waals surface area contributed by atoms with Gasteiger partial charge in [-0.2, -0.15) is 0 Å². The van der Waals surface area contributed by atoms with Crippen molar-refractivity contribution in [3.63, 3.8) is 0 Å². The van der Waals surface area contributed by atoms with Gasteiger partial charge in [0.2, 0.25) is 0 Å². The first kappa shape index (κ1) is 16.4. The molecule has 0 spiro atoms. The molecule has 0 aliphatic carbocycles. The van der Waals surface area contributed by atoms with Crippen LogP contribution in [0.15, 0.2) is 22.7 Å². The van der Waals surface area contributed by atoms with Crippen LogP contribution >= 0.6 is 28.3 Å². The van der Waals surface area contributed by atoms with Gasteiger partial charge < -0.3 is 10.5 Å². The van der Waals surface area contributed by atoms with Gasteiger partial charge in [0, 0.05) is 5.54 Å². The lowest BCUT2D eigenvalue weighted by atomic mass is 9.90. The van der Waals surface area contributed by atoms with Gasteiger partial charge in [-0.3, -0.25) is 4.79 Å². The van der Waals surface area contributed by atoms with E-state index in [9.17, 15) is 9.18 Å². The van der Waals surface area contributed by atoms with E-state index in [1.165, 1.54) is 13.2 Å². The van der Waals surface area contributed by atoms with Crippen LogP contribution in [0.5, 0.6) is 0 Å². The highest BCUT2D eigenvalue weighted by Gasteiger charge is 2.26. The fourth-order valence-corrected chi connectivity index (χ4v) is 1.70. The minimum atomic E-state index is -0.872. The van der Waals surface area contributed by atoms with Gasteiger partial charge in [-0.1, -0.05) is 6.07 Å². The molecule has 96 valence electrons. The zero-order valence-electron chi connectivity index (χ0n) is 9.50. The fourth-order valence-electron chi connectivity index (χ4n) is 1.33. The van der Waals surface area contributed by atoms with Crippen LogP contribution in [0.3, 0.4) is 0 Å². The maximum absolute atomic E-state index is 13.0. The fraction of sp³-hybridized carbons (Fsp3) is 0.364. The number of benzene rings is 1. The molecular formula is C11H14BrClFNO2. The molecule has 0 aliphatic rings. The Kier molecular flexibility index (Phi) is 6.09. The van der Waals surface area contributed by atoms with Crippen LogP contribution in [0, 0.1) is 5.82 Å². The molecule has 0 aromatic heterocycles. The van der Waals surface area contributed by atoms with Crippen LogP contribution in [0.25, 0.3) is 0 Å². The zero-order valence-corrected chi connectivity index (χ0v) is 11.9. The van der Waals surface area contributed by atoms with Gasteiger partial charge >= 0.3 is 5.97 Å². The van der Waals surface area contributed by atoms with E-state index in [1.54, 1.807) is 19.1 Å². The van der Waals surface area contributed by atoms with Crippen molar-refractivity contribution in [3.05, 3.63) is 34.1 Å². The zero-order chi connectivity index (χ0) is 12.3. The number of carbonyl (C=O) groups excluding carboxylic acids is 1. The number of ether oxygens (including phenoxy) is 1. The Morgan fingerprint density at radius 2 is 2.18 bits per heavy atom. The van der Waals surface area contributed by atoms with Crippen LogP contribution in [-0.2, 0) is 15.1 Å². The molecule has 0 amide bonds. The monoisotopic (exact) mass is 325 g/mol. The van der Waals surface area contributed by atoms with E-state index in [0.29, 0.717) is 10.0 Å². The Labute approximate surface area is 114 Å². The Bertz CT molecular complexity index is 412. The van der Waals surface area contributed by atoms with Crippen molar-refractivity contribution in [1.29, 1.82) is 0 Å². The summed E-state index contributed by atoms with van der Waals surface area (Å²) in [6.45, 7) is 1.70. The number of nitrogens with two attached hydrogens (primary N) is 1. The minimum absolute atomic E-state index is 0. The summed E-state index contributed by atoms with van der Waals surface area (Å²) in [5.74, 6) is -0.761. The van der Waals surface area contributed by atoms with Crippen molar-refractivity contribution in [2.45, 2.75) is 18.9 Å². The number of methoxy groups -OCH3 is 1. The SMILES string of the molecule is COC(=O)CC(C)(N)c1ccc(F)c(Br)c1.Cl. The number of hydrogen-bond acceptors (Lipinski definition) is 3. The Morgan fingerprint density at radius 1 is 1.59 bits per heavy atom. The third-order valence-electron chi connectivity index (χ3n) is 2.32. The minimum Gasteiger partial charge on any atom is -0.469 e. The van der Waals surface area contributed by atoms with Crippen molar-refractivity contribution in [2.24, 2.45) is 5.73 Å². The molecule has 0 saturated heterocycles. The van der Waals surface area contributed by atoms with Gasteiger partial charge in [-0.05, 0) is 40.5 Å². The van der Waals surface area contributed by atoms with E-state index in [2.05, 4.69) is 20.7 Å². The van der Waals surface area contributed by atoms with E-state index in [1.807, 2.05) is 0 Å². The highest BCUT2D eigenvalue weighted by Crippen LogP contribution is 2.26. The van der Waals surface area contributed by atoms with Crippen LogP contribution in [0.1, 0.15) is 18.9 Å². The first-order valence-electron chi connectivity index (χ1n) is 4.68. The number of hydrogen-bond donors (Lipinski definition) is 1. The topological polar surface area (TPSA) is 52.3 Å². The first-order valence-corrected chi connectivity index (χ1v) is 5.47. The van der Waals surface area contributed by atoms with E-state index in [4.69, 9.17) is 5.73 Å². The van der Waals surface area contributed by atoms with E-state index in [-0.39, 0.29) is 24.6 Å². The lowest BCUT2D eigenvalue weighted by Gasteiger charge is -2.24. The molecule has 1 aromatic rings. The maximum atomic E-state index is 13.0. The van der Waals surface area contributed by atoms with Crippen LogP contribution in [0.4, 0.5) is 4.39 Å². The van der Waals surface area contributed by atoms with Gasteiger partial charge in [0.05, 0.1) is 18.0 Å². The molecule has 0 saturated carbocycles. The summed E-state index contributed by atoms with van der Waals surface area (Å²) >= 11 is 3.08. The van der Waals surface area contributed by atoms with Crippen molar-refractivity contribution in [2.75, 3.05) is 7.11 Å². The third-order valence-corrected chi connectivity index (χ3v) is 2.93. The molecule has 2 N–H and O–H groups in total. The summed E-state index contributed by atoms with van der Waals surface area (Å²) in [6.07, 6.45) is 0.0432. The highest BCUT2D eigenvalue weighted by molar-refractivity contribution is 9.10. The summed E-state index contributed by atoms with van der Waals surface area (Å²) < 4.78 is 17.9. The highest BCUT2D eigenvalue weighted by atomic mass is 79.9. The van der Waals surface area contributed by atoms with E-state index >= 15 is 0 Å². The average molecular weight is 327 g/mol. The molecular weight excluding hydrogens is 312 g/mol. The predicted octanol–water partition coefficient (Wildman–Crippen LogP) is 2.75. The molecule has 1 unspecified atom stereocenters. The molecule has 0 fully saturated rings. The molecule has 0 heterocycles. The maximum Gasteiger partial charge on any atom is 0.307 e. The predicted molar refractivity (Wildman–Crippen MR) is 69.5 cm³/mol. The van der Waals surface area contributed by atoms with E-state index in [0.717, 1.165) is 0 Å². The van der Waals surface area contributed by atoms with Crippen LogP contribution in [0.2, 0.25) is 0 Å². The Balaban J connectivity index is 0.00000256. The van der Waals surface area contributed by atoms with Gasteiger partial charge in [0.15, 0.2) is 0 Å². The molecule has 3 nitrogen and oxygen atoms in total. The van der Waals surface area contributed by atoms with Gasteiger partial charge in [-0.15, -0.1) is 12.4 Å². The smallest absolute Gasteiger partial charge is 0.307 e. The van der Waals surface area contributed by atoms with Gasteiger partial charge in [-0.25, -0.2) is 4.39 Å². The second-order valence-corrected chi connectivity index (χ2v) is 4.65. The Hall–Kier alpha value is -0.650. The Morgan fingerprint density at radius 3 is 2.65 bits per heavy atom. The molecule has 17 heavy (non-hydrogen) atoms. The second-order valence-electron chi connectivity index (χ2n) is 3.80. The number of halogens is 3. The average Bonchev–Trinajstić information content (AvgIpc) is 2.21. The lowest BCUT2D eigenvalue weighted by Crippen LogP contribution is -2.36. The summed E-state index contributed by atoms with van der Waals surface area (Å²) in [6, 6.07) is 4.43.